The van der Waals surface area contributed by atoms with Crippen molar-refractivity contribution in [1.29, 1.82) is 0 Å². The van der Waals surface area contributed by atoms with Gasteiger partial charge in [-0.25, -0.2) is 0 Å². The Morgan fingerprint density at radius 1 is 1.09 bits per heavy atom. The smallest absolute Gasteiger partial charge is 0.388 e. The third-order valence-corrected chi connectivity index (χ3v) is 4.36. The Kier molecular flexibility index (Phi) is 4.10. The normalized spacial score (nSPS) is 18.5. The van der Waals surface area contributed by atoms with E-state index in [1.165, 1.54) is 6.07 Å². The fourth-order valence-electron chi connectivity index (χ4n) is 3.17. The van der Waals surface area contributed by atoms with Crippen LogP contribution in [0.3, 0.4) is 0 Å². The van der Waals surface area contributed by atoms with Crippen molar-refractivity contribution in [2.24, 2.45) is 5.92 Å². The summed E-state index contributed by atoms with van der Waals surface area (Å²) in [4.78, 5) is 0. The number of hydrogen-bond acceptors (Lipinski definition) is 2. The van der Waals surface area contributed by atoms with Gasteiger partial charge in [-0.05, 0) is 60.3 Å². The van der Waals surface area contributed by atoms with Crippen LogP contribution in [0.4, 0.5) is 13.2 Å². The molecular formula is C17H18F3NO. The molecule has 118 valence electrons. The molecule has 2 aromatic carbocycles. The van der Waals surface area contributed by atoms with Crippen molar-refractivity contribution in [2.75, 3.05) is 13.1 Å². The molecule has 1 heterocycles. The van der Waals surface area contributed by atoms with Gasteiger partial charge in [0, 0.05) is 0 Å². The maximum absolute atomic E-state index is 13.3. The van der Waals surface area contributed by atoms with Gasteiger partial charge in [0.15, 0.2) is 0 Å². The van der Waals surface area contributed by atoms with Crippen molar-refractivity contribution in [3.05, 3.63) is 47.5 Å². The average molecular weight is 309 g/mol. The van der Waals surface area contributed by atoms with E-state index >= 15 is 0 Å². The Hall–Kier alpha value is -1.59. The zero-order valence-corrected chi connectivity index (χ0v) is 12.0. The van der Waals surface area contributed by atoms with Gasteiger partial charge in [-0.3, -0.25) is 0 Å². The summed E-state index contributed by atoms with van der Waals surface area (Å²) < 4.78 is 39.9. The minimum Gasteiger partial charge on any atom is -0.388 e. The van der Waals surface area contributed by atoms with Gasteiger partial charge in [-0.2, -0.15) is 13.2 Å². The van der Waals surface area contributed by atoms with Crippen LogP contribution in [-0.2, 0) is 6.18 Å². The molecule has 0 aliphatic carbocycles. The van der Waals surface area contributed by atoms with Crippen LogP contribution in [0.25, 0.3) is 10.8 Å². The molecule has 5 heteroatoms. The Balaban J connectivity index is 2.06. The Bertz CT molecular complexity index is 662. The molecule has 0 radical (unpaired) electrons. The number of benzene rings is 2. The van der Waals surface area contributed by atoms with Crippen molar-refractivity contribution in [3.63, 3.8) is 0 Å². The summed E-state index contributed by atoms with van der Waals surface area (Å²) in [6, 6.07) is 9.22. The predicted molar refractivity (Wildman–Crippen MR) is 79.5 cm³/mol. The van der Waals surface area contributed by atoms with E-state index in [1.807, 2.05) is 0 Å². The van der Waals surface area contributed by atoms with Crippen LogP contribution in [0.5, 0.6) is 0 Å². The summed E-state index contributed by atoms with van der Waals surface area (Å²) >= 11 is 0. The standard InChI is InChI=1S/C17H18F3NO/c18-17(19,20)15-10-13(9-12-3-1-2-4-14(12)15)16(22)11-5-7-21-8-6-11/h1-4,9-11,16,21-22H,5-8H2. The molecule has 1 unspecified atom stereocenters. The maximum atomic E-state index is 13.3. The average Bonchev–Trinajstić information content (AvgIpc) is 2.53. The number of aliphatic hydroxyl groups is 1. The van der Waals surface area contributed by atoms with E-state index in [2.05, 4.69) is 5.32 Å². The minimum atomic E-state index is -4.43. The molecule has 0 saturated carbocycles. The zero-order chi connectivity index (χ0) is 15.7. The van der Waals surface area contributed by atoms with Crippen molar-refractivity contribution < 1.29 is 18.3 Å². The summed E-state index contributed by atoms with van der Waals surface area (Å²) in [6.07, 6.45) is -3.73. The van der Waals surface area contributed by atoms with Crippen molar-refractivity contribution in [3.8, 4) is 0 Å². The lowest BCUT2D eigenvalue weighted by Gasteiger charge is -2.28. The van der Waals surface area contributed by atoms with Gasteiger partial charge in [0.05, 0.1) is 11.7 Å². The van der Waals surface area contributed by atoms with Gasteiger partial charge in [-0.1, -0.05) is 24.3 Å². The quantitative estimate of drug-likeness (QED) is 0.882. The van der Waals surface area contributed by atoms with Crippen LogP contribution in [-0.4, -0.2) is 18.2 Å². The molecule has 0 aromatic heterocycles. The lowest BCUT2D eigenvalue weighted by atomic mass is 9.86. The molecule has 0 bridgehead atoms. The third-order valence-electron chi connectivity index (χ3n) is 4.36. The molecule has 22 heavy (non-hydrogen) atoms. The fraction of sp³-hybridized carbons (Fsp3) is 0.412. The van der Waals surface area contributed by atoms with Crippen LogP contribution in [0, 0.1) is 5.92 Å². The van der Waals surface area contributed by atoms with E-state index in [4.69, 9.17) is 0 Å². The molecule has 1 aliphatic rings. The molecule has 2 N–H and O–H groups in total. The first-order valence-corrected chi connectivity index (χ1v) is 7.45. The van der Waals surface area contributed by atoms with E-state index < -0.39 is 17.8 Å². The molecule has 2 aromatic rings. The maximum Gasteiger partial charge on any atom is 0.417 e. The van der Waals surface area contributed by atoms with Crippen LogP contribution >= 0.6 is 0 Å². The van der Waals surface area contributed by atoms with Crippen LogP contribution < -0.4 is 5.32 Å². The molecule has 1 saturated heterocycles. The van der Waals surface area contributed by atoms with Gasteiger partial charge in [0.25, 0.3) is 0 Å². The zero-order valence-electron chi connectivity index (χ0n) is 12.0. The second-order valence-electron chi connectivity index (χ2n) is 5.82. The van der Waals surface area contributed by atoms with E-state index in [0.29, 0.717) is 10.9 Å². The molecule has 3 rings (SSSR count). The second kappa shape index (κ2) is 5.89. The predicted octanol–water partition coefficient (Wildman–Crippen LogP) is 3.89. The number of piperidine rings is 1. The number of rotatable bonds is 2. The second-order valence-corrected chi connectivity index (χ2v) is 5.82. The number of fused-ring (bicyclic) bond motifs is 1. The third kappa shape index (κ3) is 2.96. The first-order chi connectivity index (χ1) is 10.5. The summed E-state index contributed by atoms with van der Waals surface area (Å²) in [5.74, 6) is 0.00324. The van der Waals surface area contributed by atoms with Gasteiger partial charge in [0.1, 0.15) is 0 Å². The van der Waals surface area contributed by atoms with E-state index in [1.54, 1.807) is 24.3 Å². The van der Waals surface area contributed by atoms with Crippen LogP contribution in [0.2, 0.25) is 0 Å². The highest BCUT2D eigenvalue weighted by Crippen LogP contribution is 2.38. The molecule has 2 nitrogen and oxygen atoms in total. The molecule has 0 amide bonds. The fourth-order valence-corrected chi connectivity index (χ4v) is 3.17. The number of nitrogens with one attached hydrogen (secondary N) is 1. The number of alkyl halides is 3. The topological polar surface area (TPSA) is 32.3 Å². The number of halogens is 3. The van der Waals surface area contributed by atoms with E-state index in [0.717, 1.165) is 32.0 Å². The molecule has 1 aliphatic heterocycles. The van der Waals surface area contributed by atoms with Crippen molar-refractivity contribution in [1.82, 2.24) is 5.32 Å². The van der Waals surface area contributed by atoms with Crippen LogP contribution in [0.15, 0.2) is 36.4 Å². The Morgan fingerprint density at radius 3 is 2.45 bits per heavy atom. The lowest BCUT2D eigenvalue weighted by molar-refractivity contribution is -0.136. The van der Waals surface area contributed by atoms with E-state index in [9.17, 15) is 18.3 Å². The molecular weight excluding hydrogens is 291 g/mol. The molecule has 1 fully saturated rings. The number of aliphatic hydroxyl groups excluding tert-OH is 1. The monoisotopic (exact) mass is 309 g/mol. The molecule has 0 spiro atoms. The largest absolute Gasteiger partial charge is 0.417 e. The van der Waals surface area contributed by atoms with Gasteiger partial charge in [0.2, 0.25) is 0 Å². The van der Waals surface area contributed by atoms with Gasteiger partial charge >= 0.3 is 6.18 Å². The summed E-state index contributed by atoms with van der Waals surface area (Å²) in [6.45, 7) is 1.59. The highest BCUT2D eigenvalue weighted by atomic mass is 19.4. The summed E-state index contributed by atoms with van der Waals surface area (Å²) in [5.41, 5.74) is -0.313. The number of hydrogen-bond donors (Lipinski definition) is 2. The summed E-state index contributed by atoms with van der Waals surface area (Å²) in [7, 11) is 0. The Morgan fingerprint density at radius 2 is 1.77 bits per heavy atom. The highest BCUT2D eigenvalue weighted by Gasteiger charge is 2.34. The molecule has 1 atom stereocenters. The van der Waals surface area contributed by atoms with Crippen LogP contribution in [0.1, 0.15) is 30.1 Å². The van der Waals surface area contributed by atoms with E-state index in [-0.39, 0.29) is 11.3 Å². The highest BCUT2D eigenvalue weighted by molar-refractivity contribution is 5.87. The van der Waals surface area contributed by atoms with Gasteiger partial charge in [-0.15, -0.1) is 0 Å². The van der Waals surface area contributed by atoms with Gasteiger partial charge < -0.3 is 10.4 Å². The minimum absolute atomic E-state index is 0.00324. The van der Waals surface area contributed by atoms with Crippen molar-refractivity contribution >= 4 is 10.8 Å². The Labute approximate surface area is 127 Å². The lowest BCUT2D eigenvalue weighted by Crippen LogP contribution is -2.31. The first-order valence-electron chi connectivity index (χ1n) is 7.45. The first kappa shape index (κ1) is 15.3. The summed E-state index contributed by atoms with van der Waals surface area (Å²) in [5, 5.41) is 14.4. The SMILES string of the molecule is OC(c1cc(C(F)(F)F)c2ccccc2c1)C1CCNCC1. The van der Waals surface area contributed by atoms with Crippen molar-refractivity contribution in [2.45, 2.75) is 25.1 Å².